The molecular weight excluding hydrogens is 304 g/mol. The first-order chi connectivity index (χ1) is 11.7. The molecular formula is C19H18N2O3. The van der Waals surface area contributed by atoms with Gasteiger partial charge in [-0.1, -0.05) is 30.3 Å². The molecule has 5 heteroatoms. The van der Waals surface area contributed by atoms with Gasteiger partial charge in [0.25, 0.3) is 11.8 Å². The summed E-state index contributed by atoms with van der Waals surface area (Å²) in [5.74, 6) is -0.459. The SMILES string of the molecule is O=C1c2ccccc2C(=O)N1[C@H]1C[C@@H](CO)N(c2ccccc2)C1. The molecule has 24 heavy (non-hydrogen) atoms. The summed E-state index contributed by atoms with van der Waals surface area (Å²) in [6.45, 7) is 0.537. The van der Waals surface area contributed by atoms with Crippen molar-refractivity contribution in [3.8, 4) is 0 Å². The number of carbonyl (C=O) groups excluding carboxylic acids is 2. The summed E-state index contributed by atoms with van der Waals surface area (Å²) in [7, 11) is 0. The van der Waals surface area contributed by atoms with Crippen LogP contribution >= 0.6 is 0 Å². The van der Waals surface area contributed by atoms with E-state index in [0.717, 1.165) is 5.69 Å². The number of anilines is 1. The van der Waals surface area contributed by atoms with Crippen LogP contribution in [-0.2, 0) is 0 Å². The molecule has 1 saturated heterocycles. The maximum absolute atomic E-state index is 12.7. The molecule has 0 unspecified atom stereocenters. The van der Waals surface area contributed by atoms with E-state index in [0.29, 0.717) is 24.1 Å². The average Bonchev–Trinajstić information content (AvgIpc) is 3.16. The van der Waals surface area contributed by atoms with E-state index in [-0.39, 0.29) is 30.5 Å². The van der Waals surface area contributed by atoms with Crippen LogP contribution in [0.15, 0.2) is 54.6 Å². The van der Waals surface area contributed by atoms with E-state index in [2.05, 4.69) is 4.90 Å². The van der Waals surface area contributed by atoms with Gasteiger partial charge in [-0.25, -0.2) is 0 Å². The van der Waals surface area contributed by atoms with Crippen molar-refractivity contribution in [1.29, 1.82) is 0 Å². The van der Waals surface area contributed by atoms with Crippen LogP contribution in [0.3, 0.4) is 0 Å². The van der Waals surface area contributed by atoms with Crippen LogP contribution in [0.2, 0.25) is 0 Å². The predicted octanol–water partition coefficient (Wildman–Crippen LogP) is 1.92. The summed E-state index contributed by atoms with van der Waals surface area (Å²) in [6.07, 6.45) is 0.580. The number of rotatable bonds is 3. The van der Waals surface area contributed by atoms with E-state index < -0.39 is 0 Å². The Labute approximate surface area is 140 Å². The lowest BCUT2D eigenvalue weighted by Gasteiger charge is -2.25. The van der Waals surface area contributed by atoms with E-state index in [9.17, 15) is 14.7 Å². The van der Waals surface area contributed by atoms with Gasteiger partial charge in [0.2, 0.25) is 0 Å². The lowest BCUT2D eigenvalue weighted by Crippen LogP contribution is -2.41. The topological polar surface area (TPSA) is 60.9 Å². The normalized spacial score (nSPS) is 23.0. The molecule has 0 bridgehead atoms. The summed E-state index contributed by atoms with van der Waals surface area (Å²) in [5, 5.41) is 9.73. The van der Waals surface area contributed by atoms with Crippen molar-refractivity contribution in [2.45, 2.75) is 18.5 Å². The molecule has 2 aromatic rings. The first-order valence-corrected chi connectivity index (χ1v) is 8.10. The highest BCUT2D eigenvalue weighted by atomic mass is 16.3. The molecule has 0 aliphatic carbocycles. The van der Waals surface area contributed by atoms with E-state index in [4.69, 9.17) is 0 Å². The number of amides is 2. The van der Waals surface area contributed by atoms with Crippen molar-refractivity contribution in [3.05, 3.63) is 65.7 Å². The van der Waals surface area contributed by atoms with Gasteiger partial charge in [0.15, 0.2) is 0 Å². The minimum absolute atomic E-state index is 0.00539. The fraction of sp³-hybridized carbons (Fsp3) is 0.263. The molecule has 1 N–H and O–H groups in total. The number of nitrogens with zero attached hydrogens (tertiary/aromatic N) is 2. The molecule has 0 saturated carbocycles. The lowest BCUT2D eigenvalue weighted by atomic mass is 10.1. The van der Waals surface area contributed by atoms with Crippen molar-refractivity contribution in [3.63, 3.8) is 0 Å². The molecule has 2 aromatic carbocycles. The quantitative estimate of drug-likeness (QED) is 0.877. The van der Waals surface area contributed by atoms with Gasteiger partial charge in [0.05, 0.1) is 29.8 Å². The molecule has 2 aliphatic rings. The van der Waals surface area contributed by atoms with Crippen molar-refractivity contribution < 1.29 is 14.7 Å². The minimum Gasteiger partial charge on any atom is -0.394 e. The summed E-state index contributed by atoms with van der Waals surface area (Å²) in [6, 6.07) is 16.4. The summed E-state index contributed by atoms with van der Waals surface area (Å²) < 4.78 is 0. The maximum atomic E-state index is 12.7. The van der Waals surface area contributed by atoms with Gasteiger partial charge in [-0.3, -0.25) is 14.5 Å². The van der Waals surface area contributed by atoms with Gasteiger partial charge in [-0.05, 0) is 30.7 Å². The van der Waals surface area contributed by atoms with Crippen LogP contribution in [0, 0.1) is 0 Å². The third-order valence-corrected chi connectivity index (χ3v) is 4.88. The Morgan fingerprint density at radius 1 is 0.917 bits per heavy atom. The van der Waals surface area contributed by atoms with Crippen LogP contribution in [0.25, 0.3) is 0 Å². The number of para-hydroxylation sites is 1. The van der Waals surface area contributed by atoms with Gasteiger partial charge in [0, 0.05) is 12.2 Å². The molecule has 2 heterocycles. The largest absolute Gasteiger partial charge is 0.394 e. The molecule has 0 radical (unpaired) electrons. The van der Waals surface area contributed by atoms with Crippen molar-refractivity contribution in [1.82, 2.24) is 4.90 Å². The molecule has 0 spiro atoms. The molecule has 2 amide bonds. The molecule has 2 atom stereocenters. The van der Waals surface area contributed by atoms with Crippen LogP contribution in [0.4, 0.5) is 5.69 Å². The molecule has 5 nitrogen and oxygen atoms in total. The van der Waals surface area contributed by atoms with Gasteiger partial charge in [0.1, 0.15) is 0 Å². The van der Waals surface area contributed by atoms with E-state index in [1.54, 1.807) is 24.3 Å². The van der Waals surface area contributed by atoms with Gasteiger partial charge in [-0.15, -0.1) is 0 Å². The van der Waals surface area contributed by atoms with Crippen molar-refractivity contribution in [2.24, 2.45) is 0 Å². The predicted molar refractivity (Wildman–Crippen MR) is 90.0 cm³/mol. The zero-order chi connectivity index (χ0) is 16.7. The molecule has 4 rings (SSSR count). The highest BCUT2D eigenvalue weighted by Crippen LogP contribution is 2.32. The summed E-state index contributed by atoms with van der Waals surface area (Å²) in [4.78, 5) is 28.8. The number of fused-ring (bicyclic) bond motifs is 1. The van der Waals surface area contributed by atoms with Crippen LogP contribution < -0.4 is 4.90 Å². The van der Waals surface area contributed by atoms with E-state index in [1.165, 1.54) is 4.90 Å². The molecule has 2 aliphatic heterocycles. The van der Waals surface area contributed by atoms with E-state index in [1.807, 2.05) is 30.3 Å². The number of aliphatic hydroxyl groups excluding tert-OH is 1. The van der Waals surface area contributed by atoms with Crippen LogP contribution in [0.5, 0.6) is 0 Å². The monoisotopic (exact) mass is 322 g/mol. The third-order valence-electron chi connectivity index (χ3n) is 4.88. The smallest absolute Gasteiger partial charge is 0.261 e. The lowest BCUT2D eigenvalue weighted by molar-refractivity contribution is 0.0594. The summed E-state index contributed by atoms with van der Waals surface area (Å²) >= 11 is 0. The number of hydrogen-bond acceptors (Lipinski definition) is 4. The number of carbonyl (C=O) groups is 2. The number of benzene rings is 2. The van der Waals surface area contributed by atoms with Crippen LogP contribution in [-0.4, -0.2) is 47.1 Å². The Bertz CT molecular complexity index is 755. The van der Waals surface area contributed by atoms with Gasteiger partial charge in [-0.2, -0.15) is 0 Å². The second kappa shape index (κ2) is 5.76. The van der Waals surface area contributed by atoms with Crippen molar-refractivity contribution in [2.75, 3.05) is 18.1 Å². The standard InChI is InChI=1S/C19H18N2O3/c22-12-15-10-14(11-20(15)13-6-2-1-3-7-13)21-18(23)16-8-4-5-9-17(16)19(21)24/h1-9,14-15,22H,10-12H2/t14-,15-/m0/s1. The van der Waals surface area contributed by atoms with E-state index >= 15 is 0 Å². The second-order valence-corrected chi connectivity index (χ2v) is 6.24. The molecule has 1 fully saturated rings. The second-order valence-electron chi connectivity index (χ2n) is 6.24. The maximum Gasteiger partial charge on any atom is 0.261 e. The summed E-state index contributed by atoms with van der Waals surface area (Å²) in [5.41, 5.74) is 1.94. The fourth-order valence-electron chi connectivity index (χ4n) is 3.73. The zero-order valence-corrected chi connectivity index (χ0v) is 13.1. The Hall–Kier alpha value is -2.66. The van der Waals surface area contributed by atoms with Gasteiger partial charge >= 0.3 is 0 Å². The van der Waals surface area contributed by atoms with Crippen LogP contribution in [0.1, 0.15) is 27.1 Å². The first kappa shape index (κ1) is 14.9. The molecule has 122 valence electrons. The third kappa shape index (κ3) is 2.20. The first-order valence-electron chi connectivity index (χ1n) is 8.10. The number of hydrogen-bond donors (Lipinski definition) is 1. The number of imide groups is 1. The Morgan fingerprint density at radius 3 is 2.08 bits per heavy atom. The highest BCUT2D eigenvalue weighted by Gasteiger charge is 2.44. The zero-order valence-electron chi connectivity index (χ0n) is 13.1. The average molecular weight is 322 g/mol. The van der Waals surface area contributed by atoms with Gasteiger partial charge < -0.3 is 10.0 Å². The minimum atomic E-state index is -0.229. The van der Waals surface area contributed by atoms with Crippen molar-refractivity contribution >= 4 is 17.5 Å². The fourth-order valence-corrected chi connectivity index (χ4v) is 3.73. The Kier molecular flexibility index (Phi) is 3.58. The Balaban J connectivity index is 1.63. The highest BCUT2D eigenvalue weighted by molar-refractivity contribution is 6.21. The Morgan fingerprint density at radius 2 is 1.50 bits per heavy atom. The number of aliphatic hydroxyl groups is 1. The molecule has 0 aromatic heterocycles.